The van der Waals surface area contributed by atoms with E-state index in [4.69, 9.17) is 5.73 Å². The molecule has 2 aromatic rings. The average Bonchev–Trinajstić information content (AvgIpc) is 2.66. The SMILES string of the molecule is NC(=O)c1nnn(Cc2c(F)cccc2F)c1I. The lowest BCUT2D eigenvalue weighted by Gasteiger charge is -2.05. The Bertz CT molecular complexity index is 594. The van der Waals surface area contributed by atoms with Crippen LogP contribution in [0, 0.1) is 15.3 Å². The fourth-order valence-electron chi connectivity index (χ4n) is 1.39. The monoisotopic (exact) mass is 364 g/mol. The molecule has 0 bridgehead atoms. The number of halogens is 3. The maximum atomic E-state index is 13.4. The molecule has 0 aliphatic carbocycles. The summed E-state index contributed by atoms with van der Waals surface area (Å²) in [6.45, 7) is -0.156. The Kier molecular flexibility index (Phi) is 3.55. The van der Waals surface area contributed by atoms with E-state index in [-0.39, 0.29) is 17.8 Å². The van der Waals surface area contributed by atoms with Gasteiger partial charge in [0.25, 0.3) is 5.91 Å². The minimum absolute atomic E-state index is 0.0210. The standard InChI is InChI=1S/C10H7F2IN4O/c11-6-2-1-3-7(12)5(6)4-17-9(13)8(10(14)18)15-16-17/h1-3H,4H2,(H2,14,18). The largest absolute Gasteiger partial charge is 0.364 e. The zero-order valence-corrected chi connectivity index (χ0v) is 11.1. The molecule has 0 aliphatic rings. The highest BCUT2D eigenvalue weighted by atomic mass is 127. The molecule has 1 amide bonds. The summed E-state index contributed by atoms with van der Waals surface area (Å²) >= 11 is 1.79. The normalized spacial score (nSPS) is 10.6. The summed E-state index contributed by atoms with van der Waals surface area (Å²) in [7, 11) is 0. The first-order chi connectivity index (χ1) is 8.50. The highest BCUT2D eigenvalue weighted by Crippen LogP contribution is 2.16. The van der Waals surface area contributed by atoms with Gasteiger partial charge in [0.1, 0.15) is 15.3 Å². The third-order valence-electron chi connectivity index (χ3n) is 2.28. The summed E-state index contributed by atoms with van der Waals surface area (Å²) in [5.41, 5.74) is 4.91. The second kappa shape index (κ2) is 4.96. The second-order valence-corrected chi connectivity index (χ2v) is 4.47. The Hall–Kier alpha value is -1.58. The number of nitrogens with zero attached hydrogens (tertiary/aromatic N) is 3. The third-order valence-corrected chi connectivity index (χ3v) is 3.35. The predicted molar refractivity (Wildman–Crippen MR) is 66.7 cm³/mol. The van der Waals surface area contributed by atoms with E-state index in [2.05, 4.69) is 10.3 Å². The van der Waals surface area contributed by atoms with Crippen molar-refractivity contribution in [3.63, 3.8) is 0 Å². The van der Waals surface area contributed by atoms with Crippen molar-refractivity contribution >= 4 is 28.5 Å². The van der Waals surface area contributed by atoms with Crippen molar-refractivity contribution < 1.29 is 13.6 Å². The molecular weight excluding hydrogens is 357 g/mol. The molecule has 0 saturated carbocycles. The van der Waals surface area contributed by atoms with Crippen LogP contribution in [0.15, 0.2) is 18.2 Å². The van der Waals surface area contributed by atoms with Crippen LogP contribution >= 0.6 is 22.6 Å². The molecular formula is C10H7F2IN4O. The molecule has 0 unspecified atom stereocenters. The van der Waals surface area contributed by atoms with E-state index >= 15 is 0 Å². The highest BCUT2D eigenvalue weighted by Gasteiger charge is 2.17. The van der Waals surface area contributed by atoms with Gasteiger partial charge >= 0.3 is 0 Å². The molecule has 1 aromatic heterocycles. The van der Waals surface area contributed by atoms with Crippen LogP contribution in [0.5, 0.6) is 0 Å². The molecule has 0 radical (unpaired) electrons. The molecule has 0 spiro atoms. The number of hydrogen-bond donors (Lipinski definition) is 1. The van der Waals surface area contributed by atoms with Gasteiger partial charge in [-0.15, -0.1) is 5.10 Å². The van der Waals surface area contributed by atoms with E-state index in [1.54, 1.807) is 22.6 Å². The molecule has 2 rings (SSSR count). The smallest absolute Gasteiger partial charge is 0.272 e. The van der Waals surface area contributed by atoms with Crippen LogP contribution in [-0.4, -0.2) is 20.9 Å². The van der Waals surface area contributed by atoms with E-state index in [0.717, 1.165) is 12.1 Å². The zero-order chi connectivity index (χ0) is 13.3. The van der Waals surface area contributed by atoms with Crippen LogP contribution in [0.1, 0.15) is 16.1 Å². The number of nitrogens with two attached hydrogens (primary N) is 1. The number of hydrogen-bond acceptors (Lipinski definition) is 3. The Balaban J connectivity index is 2.38. The molecule has 1 aromatic carbocycles. The fourth-order valence-corrected chi connectivity index (χ4v) is 2.03. The van der Waals surface area contributed by atoms with Crippen LogP contribution in [-0.2, 0) is 6.54 Å². The van der Waals surface area contributed by atoms with Crippen LogP contribution in [0.25, 0.3) is 0 Å². The number of aromatic nitrogens is 3. The van der Waals surface area contributed by atoms with Crippen molar-refractivity contribution in [2.75, 3.05) is 0 Å². The van der Waals surface area contributed by atoms with Crippen LogP contribution in [0.2, 0.25) is 0 Å². The number of carbonyl (C=O) groups is 1. The maximum Gasteiger partial charge on any atom is 0.272 e. The summed E-state index contributed by atoms with van der Waals surface area (Å²) in [6.07, 6.45) is 0. The molecule has 1 heterocycles. The summed E-state index contributed by atoms with van der Waals surface area (Å²) in [4.78, 5) is 11.0. The molecule has 94 valence electrons. The third kappa shape index (κ3) is 2.33. The number of amides is 1. The van der Waals surface area contributed by atoms with Crippen molar-refractivity contribution in [2.45, 2.75) is 6.54 Å². The van der Waals surface area contributed by atoms with Crippen molar-refractivity contribution in [3.05, 3.63) is 44.8 Å². The quantitative estimate of drug-likeness (QED) is 0.835. The van der Waals surface area contributed by atoms with Crippen molar-refractivity contribution in [1.82, 2.24) is 15.0 Å². The van der Waals surface area contributed by atoms with E-state index < -0.39 is 17.5 Å². The number of primary amides is 1. The average molecular weight is 364 g/mol. The molecule has 0 aliphatic heterocycles. The summed E-state index contributed by atoms with van der Waals surface area (Å²) in [5.74, 6) is -2.09. The van der Waals surface area contributed by atoms with E-state index in [9.17, 15) is 13.6 Å². The molecule has 0 saturated heterocycles. The Morgan fingerprint density at radius 1 is 1.39 bits per heavy atom. The molecule has 8 heteroatoms. The van der Waals surface area contributed by atoms with Crippen LogP contribution in [0.3, 0.4) is 0 Å². The lowest BCUT2D eigenvalue weighted by atomic mass is 10.2. The Morgan fingerprint density at radius 3 is 2.50 bits per heavy atom. The molecule has 0 atom stereocenters. The van der Waals surface area contributed by atoms with Gasteiger partial charge in [0.15, 0.2) is 5.69 Å². The molecule has 0 fully saturated rings. The summed E-state index contributed by atoms with van der Waals surface area (Å²) < 4.78 is 28.4. The van der Waals surface area contributed by atoms with Gasteiger partial charge in [0.2, 0.25) is 0 Å². The first-order valence-electron chi connectivity index (χ1n) is 4.82. The first-order valence-corrected chi connectivity index (χ1v) is 5.90. The highest BCUT2D eigenvalue weighted by molar-refractivity contribution is 14.1. The van der Waals surface area contributed by atoms with Crippen molar-refractivity contribution in [1.29, 1.82) is 0 Å². The van der Waals surface area contributed by atoms with E-state index in [0.29, 0.717) is 3.70 Å². The first kappa shape index (κ1) is 12.9. The van der Waals surface area contributed by atoms with Gasteiger partial charge in [-0.2, -0.15) is 0 Å². The van der Waals surface area contributed by atoms with Gasteiger partial charge in [-0.3, -0.25) is 4.79 Å². The van der Waals surface area contributed by atoms with Crippen LogP contribution in [0.4, 0.5) is 8.78 Å². The van der Waals surface area contributed by atoms with E-state index in [1.807, 2.05) is 0 Å². The molecule has 2 N–H and O–H groups in total. The van der Waals surface area contributed by atoms with Crippen molar-refractivity contribution in [3.8, 4) is 0 Å². The van der Waals surface area contributed by atoms with Gasteiger partial charge in [-0.25, -0.2) is 13.5 Å². The van der Waals surface area contributed by atoms with Gasteiger partial charge < -0.3 is 5.73 Å². The van der Waals surface area contributed by atoms with Crippen molar-refractivity contribution in [2.24, 2.45) is 5.73 Å². The zero-order valence-electron chi connectivity index (χ0n) is 8.90. The topological polar surface area (TPSA) is 73.8 Å². The van der Waals surface area contributed by atoms with Gasteiger partial charge in [0, 0.05) is 5.56 Å². The lowest BCUT2D eigenvalue weighted by molar-refractivity contribution is 0.0994. The van der Waals surface area contributed by atoms with Gasteiger partial charge in [-0.1, -0.05) is 11.3 Å². The minimum atomic E-state index is -0.736. The second-order valence-electron chi connectivity index (χ2n) is 3.45. The number of benzene rings is 1. The molecule has 5 nitrogen and oxygen atoms in total. The van der Waals surface area contributed by atoms with Gasteiger partial charge in [-0.05, 0) is 34.7 Å². The predicted octanol–water partition coefficient (Wildman–Crippen LogP) is 1.31. The Labute approximate surface area is 114 Å². The van der Waals surface area contributed by atoms with Crippen LogP contribution < -0.4 is 5.73 Å². The Morgan fingerprint density at radius 2 is 2.00 bits per heavy atom. The number of rotatable bonds is 3. The lowest BCUT2D eigenvalue weighted by Crippen LogP contribution is -2.14. The maximum absolute atomic E-state index is 13.4. The summed E-state index contributed by atoms with van der Waals surface area (Å²) in [5, 5.41) is 7.20. The number of carbonyl (C=O) groups excluding carboxylic acids is 1. The fraction of sp³-hybridized carbons (Fsp3) is 0.100. The van der Waals surface area contributed by atoms with E-state index in [1.165, 1.54) is 10.7 Å². The van der Waals surface area contributed by atoms with Gasteiger partial charge in [0.05, 0.1) is 6.54 Å². The molecule has 18 heavy (non-hydrogen) atoms. The summed E-state index contributed by atoms with van der Waals surface area (Å²) in [6, 6.07) is 3.57. The minimum Gasteiger partial charge on any atom is -0.364 e.